The first-order valence-corrected chi connectivity index (χ1v) is 13.5. The molecule has 2 aromatic heterocycles. The van der Waals surface area contributed by atoms with Crippen molar-refractivity contribution in [2.75, 3.05) is 19.5 Å². The fraction of sp³-hybridized carbons (Fsp3) is 0.652. The third kappa shape index (κ3) is 5.60. The summed E-state index contributed by atoms with van der Waals surface area (Å²) in [6, 6.07) is -0.349. The Labute approximate surface area is 201 Å². The molecule has 4 rings (SSSR count). The summed E-state index contributed by atoms with van der Waals surface area (Å²) in [6.07, 6.45) is 8.46. The highest BCUT2D eigenvalue weighted by atomic mass is 32.2. The van der Waals surface area contributed by atoms with Crippen LogP contribution >= 0.6 is 23.1 Å². The molecule has 1 saturated carbocycles. The number of hydrogen-bond donors (Lipinski definition) is 2. The second-order valence-electron chi connectivity index (χ2n) is 8.91. The summed E-state index contributed by atoms with van der Waals surface area (Å²) in [6.45, 7) is 2.87. The van der Waals surface area contributed by atoms with Crippen LogP contribution in [0.15, 0.2) is 9.95 Å². The van der Waals surface area contributed by atoms with Crippen molar-refractivity contribution in [2.45, 2.75) is 76.0 Å². The van der Waals surface area contributed by atoms with Crippen molar-refractivity contribution in [3.63, 3.8) is 0 Å². The van der Waals surface area contributed by atoms with Crippen molar-refractivity contribution in [1.29, 1.82) is 0 Å². The van der Waals surface area contributed by atoms with E-state index in [1.54, 1.807) is 23.0 Å². The van der Waals surface area contributed by atoms with Crippen LogP contribution in [0.3, 0.4) is 0 Å². The Morgan fingerprint density at radius 3 is 2.79 bits per heavy atom. The van der Waals surface area contributed by atoms with E-state index in [9.17, 15) is 14.4 Å². The van der Waals surface area contributed by atoms with E-state index >= 15 is 0 Å². The van der Waals surface area contributed by atoms with E-state index in [1.165, 1.54) is 23.1 Å². The van der Waals surface area contributed by atoms with Crippen LogP contribution in [0, 0.1) is 5.92 Å². The minimum absolute atomic E-state index is 0.00363. The third-order valence-corrected chi connectivity index (χ3v) is 8.73. The van der Waals surface area contributed by atoms with E-state index in [0.717, 1.165) is 60.7 Å². The predicted octanol–water partition coefficient (Wildman–Crippen LogP) is 3.48. The van der Waals surface area contributed by atoms with E-state index < -0.39 is 11.9 Å². The molecule has 2 atom stereocenters. The lowest BCUT2D eigenvalue weighted by Crippen LogP contribution is -2.48. The minimum Gasteiger partial charge on any atom is -0.383 e. The highest BCUT2D eigenvalue weighted by Gasteiger charge is 2.25. The van der Waals surface area contributed by atoms with Gasteiger partial charge in [0.2, 0.25) is 5.91 Å². The molecule has 180 valence electrons. The summed E-state index contributed by atoms with van der Waals surface area (Å²) >= 11 is 2.77. The molecule has 2 N–H and O–H groups in total. The third-order valence-electron chi connectivity index (χ3n) is 6.57. The van der Waals surface area contributed by atoms with Gasteiger partial charge in [0, 0.05) is 18.0 Å². The number of carbonyl (C=O) groups excluding carboxylic acids is 2. The highest BCUT2D eigenvalue weighted by Crippen LogP contribution is 2.34. The van der Waals surface area contributed by atoms with Crippen LogP contribution in [0.5, 0.6) is 0 Å². The van der Waals surface area contributed by atoms with Crippen LogP contribution in [0.1, 0.15) is 55.9 Å². The number of hydrogen-bond acceptors (Lipinski definition) is 7. The summed E-state index contributed by atoms with van der Waals surface area (Å²) in [4.78, 5) is 44.9. The van der Waals surface area contributed by atoms with E-state index in [1.807, 2.05) is 0 Å². The molecule has 0 aliphatic heterocycles. The van der Waals surface area contributed by atoms with Crippen molar-refractivity contribution >= 4 is 45.3 Å². The molecule has 3 amide bonds. The van der Waals surface area contributed by atoms with Gasteiger partial charge in [0.1, 0.15) is 4.83 Å². The number of nitrogens with zero attached hydrogens (tertiary/aromatic N) is 2. The molecule has 0 aromatic carbocycles. The standard InChI is InChI=1S/C23H32N4O4S2/c1-14-7-3-5-9-16(14)24-22(30)25-18(28)13-32-23-26-20-19(21(29)27(23)11-12-31-2)15-8-4-6-10-17(15)33-20/h14,16H,3-13H2,1-2H3,(H2,24,25,28,30)/t14-,16-/m0/s1. The van der Waals surface area contributed by atoms with Crippen molar-refractivity contribution < 1.29 is 14.3 Å². The number of carbonyl (C=O) groups is 2. The minimum atomic E-state index is -0.453. The van der Waals surface area contributed by atoms with E-state index in [-0.39, 0.29) is 17.4 Å². The Bertz CT molecular complexity index is 1080. The average Bonchev–Trinajstić information content (AvgIpc) is 3.17. The number of methoxy groups -OCH3 is 1. The fourth-order valence-corrected chi connectivity index (χ4v) is 6.87. The summed E-state index contributed by atoms with van der Waals surface area (Å²) < 4.78 is 6.80. The van der Waals surface area contributed by atoms with Gasteiger partial charge in [-0.1, -0.05) is 31.5 Å². The SMILES string of the molecule is COCCn1c(SCC(=O)NC(=O)N[C@H]2CCCC[C@@H]2C)nc2sc3c(c2c1=O)CCCC3. The van der Waals surface area contributed by atoms with Gasteiger partial charge in [-0.15, -0.1) is 11.3 Å². The number of ether oxygens (including phenoxy) is 1. The topological polar surface area (TPSA) is 102 Å². The summed E-state index contributed by atoms with van der Waals surface area (Å²) in [5.74, 6) is 0.0136. The second kappa shape index (κ2) is 11.0. The number of nitrogens with one attached hydrogen (secondary N) is 2. The molecule has 0 radical (unpaired) electrons. The van der Waals surface area contributed by atoms with Crippen LogP contribution in [-0.4, -0.2) is 47.0 Å². The molecule has 0 saturated heterocycles. The lowest BCUT2D eigenvalue weighted by Gasteiger charge is -2.29. The van der Waals surface area contributed by atoms with Gasteiger partial charge in [0.25, 0.3) is 5.56 Å². The van der Waals surface area contributed by atoms with Crippen molar-refractivity contribution in [3.05, 3.63) is 20.8 Å². The fourth-order valence-electron chi connectivity index (χ4n) is 4.74. The van der Waals surface area contributed by atoms with Gasteiger partial charge >= 0.3 is 6.03 Å². The quantitative estimate of drug-likeness (QED) is 0.453. The number of urea groups is 1. The van der Waals surface area contributed by atoms with E-state index in [4.69, 9.17) is 9.72 Å². The molecular weight excluding hydrogens is 460 g/mol. The van der Waals surface area contributed by atoms with Crippen molar-refractivity contribution in [2.24, 2.45) is 5.92 Å². The Morgan fingerprint density at radius 2 is 2.00 bits per heavy atom. The lowest BCUT2D eigenvalue weighted by atomic mass is 9.86. The lowest BCUT2D eigenvalue weighted by molar-refractivity contribution is -0.117. The van der Waals surface area contributed by atoms with E-state index in [2.05, 4.69) is 17.6 Å². The number of amides is 3. The number of aromatic nitrogens is 2. The van der Waals surface area contributed by atoms with Gasteiger partial charge in [0.05, 0.1) is 24.3 Å². The Kier molecular flexibility index (Phi) is 8.08. The molecule has 2 aromatic rings. The highest BCUT2D eigenvalue weighted by molar-refractivity contribution is 7.99. The van der Waals surface area contributed by atoms with Crippen LogP contribution in [0.2, 0.25) is 0 Å². The molecule has 8 nitrogen and oxygen atoms in total. The zero-order chi connectivity index (χ0) is 23.4. The zero-order valence-electron chi connectivity index (χ0n) is 19.3. The first-order valence-electron chi connectivity index (χ1n) is 11.7. The molecule has 1 fully saturated rings. The van der Waals surface area contributed by atoms with Gasteiger partial charge < -0.3 is 10.1 Å². The monoisotopic (exact) mass is 492 g/mol. The average molecular weight is 493 g/mol. The summed E-state index contributed by atoms with van der Waals surface area (Å²) in [5.41, 5.74) is 1.08. The molecule has 2 heterocycles. The van der Waals surface area contributed by atoms with E-state index in [0.29, 0.717) is 24.2 Å². The normalized spacial score (nSPS) is 20.4. The number of imide groups is 1. The zero-order valence-corrected chi connectivity index (χ0v) is 20.9. The maximum absolute atomic E-state index is 13.4. The van der Waals surface area contributed by atoms with Crippen LogP contribution < -0.4 is 16.2 Å². The molecule has 10 heteroatoms. The maximum Gasteiger partial charge on any atom is 0.321 e. The molecule has 33 heavy (non-hydrogen) atoms. The Hall–Kier alpha value is -1.91. The van der Waals surface area contributed by atoms with Gasteiger partial charge in [-0.3, -0.25) is 19.5 Å². The van der Waals surface area contributed by atoms with Gasteiger partial charge in [-0.2, -0.15) is 0 Å². The van der Waals surface area contributed by atoms with Crippen LogP contribution in [0.25, 0.3) is 10.2 Å². The Morgan fingerprint density at radius 1 is 1.21 bits per heavy atom. The van der Waals surface area contributed by atoms with Gasteiger partial charge in [0.15, 0.2) is 5.16 Å². The predicted molar refractivity (Wildman–Crippen MR) is 131 cm³/mol. The first-order chi connectivity index (χ1) is 16.0. The maximum atomic E-state index is 13.4. The van der Waals surface area contributed by atoms with Crippen LogP contribution in [-0.2, 0) is 28.9 Å². The van der Waals surface area contributed by atoms with Gasteiger partial charge in [-0.05, 0) is 50.0 Å². The van der Waals surface area contributed by atoms with Crippen molar-refractivity contribution in [3.8, 4) is 0 Å². The number of rotatable bonds is 7. The van der Waals surface area contributed by atoms with Crippen molar-refractivity contribution in [1.82, 2.24) is 20.2 Å². The summed E-state index contributed by atoms with van der Waals surface area (Å²) in [7, 11) is 1.59. The largest absolute Gasteiger partial charge is 0.383 e. The number of thiophene rings is 1. The first kappa shape index (κ1) is 24.2. The number of thioether (sulfide) groups is 1. The molecule has 2 aliphatic rings. The smallest absolute Gasteiger partial charge is 0.321 e. The molecule has 0 bridgehead atoms. The molecular formula is C23H32N4O4S2. The molecule has 2 aliphatic carbocycles. The second-order valence-corrected chi connectivity index (χ2v) is 10.9. The molecule has 0 spiro atoms. The summed E-state index contributed by atoms with van der Waals surface area (Å²) in [5, 5.41) is 6.57. The van der Waals surface area contributed by atoms with Gasteiger partial charge in [-0.25, -0.2) is 9.78 Å². The molecule has 0 unspecified atom stereocenters. The number of fused-ring (bicyclic) bond motifs is 3. The Balaban J connectivity index is 1.46. The van der Waals surface area contributed by atoms with Crippen LogP contribution in [0.4, 0.5) is 4.79 Å². The number of aryl methyl sites for hydroxylation is 2.